The van der Waals surface area contributed by atoms with E-state index in [1.165, 1.54) is 0 Å². The van der Waals surface area contributed by atoms with Crippen molar-refractivity contribution in [1.82, 2.24) is 4.90 Å². The van der Waals surface area contributed by atoms with E-state index in [0.717, 1.165) is 21.2 Å². The van der Waals surface area contributed by atoms with Gasteiger partial charge in [-0.25, -0.2) is 0 Å². The van der Waals surface area contributed by atoms with E-state index < -0.39 is 6.10 Å². The molecule has 1 saturated heterocycles. The quantitative estimate of drug-likeness (QED) is 0.450. The van der Waals surface area contributed by atoms with Crippen LogP contribution in [0.3, 0.4) is 0 Å². The number of halogens is 1. The molecule has 0 spiro atoms. The zero-order chi connectivity index (χ0) is 20.1. The average Bonchev–Trinajstić information content (AvgIpc) is 2.77. The third-order valence-corrected chi connectivity index (χ3v) is 5.83. The van der Waals surface area contributed by atoms with Crippen molar-refractivity contribution in [3.05, 3.63) is 112 Å². The normalized spacial score (nSPS) is 18.8. The summed E-state index contributed by atoms with van der Waals surface area (Å²) in [5.41, 5.74) is 3.25. The number of hydrogen-bond acceptors (Lipinski definition) is 2. The molecule has 1 heterocycles. The van der Waals surface area contributed by atoms with E-state index in [4.69, 9.17) is 4.74 Å². The number of amides is 1. The molecule has 1 aliphatic rings. The summed E-state index contributed by atoms with van der Waals surface area (Å²) in [5.74, 6) is 0.0272. The van der Waals surface area contributed by atoms with Crippen LogP contribution in [0.4, 0.5) is 0 Å². The molecule has 0 radical (unpaired) electrons. The van der Waals surface area contributed by atoms with Crippen LogP contribution in [-0.4, -0.2) is 23.0 Å². The van der Waals surface area contributed by atoms with Crippen molar-refractivity contribution in [2.24, 2.45) is 0 Å². The molecule has 0 saturated carbocycles. The molecule has 1 aliphatic heterocycles. The Bertz CT molecular complexity index is 988. The molecule has 0 aromatic heterocycles. The van der Waals surface area contributed by atoms with Crippen LogP contribution in [0.25, 0.3) is 6.08 Å². The van der Waals surface area contributed by atoms with Gasteiger partial charge in [-0.3, -0.25) is 4.79 Å². The summed E-state index contributed by atoms with van der Waals surface area (Å²) in [6.07, 6.45) is 3.67. The number of carbonyl (C=O) groups excluding carboxylic acids is 1. The molecule has 1 amide bonds. The zero-order valence-corrected chi connectivity index (χ0v) is 17.5. The molecule has 0 bridgehead atoms. The van der Waals surface area contributed by atoms with Gasteiger partial charge in [0.15, 0.2) is 6.10 Å². The molecule has 3 nitrogen and oxygen atoms in total. The lowest BCUT2D eigenvalue weighted by atomic mass is 9.95. The van der Waals surface area contributed by atoms with E-state index in [-0.39, 0.29) is 11.9 Å². The molecule has 4 rings (SSSR count). The second-order valence-electron chi connectivity index (χ2n) is 7.04. The van der Waals surface area contributed by atoms with Crippen LogP contribution in [-0.2, 0) is 22.7 Å². The second kappa shape index (κ2) is 9.21. The predicted molar refractivity (Wildman–Crippen MR) is 119 cm³/mol. The number of likely N-dealkylation sites (tertiary alicyclic amines) is 1. The molecule has 146 valence electrons. The van der Waals surface area contributed by atoms with Crippen molar-refractivity contribution >= 4 is 27.9 Å². The van der Waals surface area contributed by atoms with Gasteiger partial charge in [0.25, 0.3) is 5.91 Å². The molecule has 0 unspecified atom stereocenters. The Kier molecular flexibility index (Phi) is 6.23. The van der Waals surface area contributed by atoms with Gasteiger partial charge in [-0.05, 0) is 22.8 Å². The highest BCUT2D eigenvalue weighted by Crippen LogP contribution is 2.30. The Hall–Kier alpha value is -2.69. The fourth-order valence-electron chi connectivity index (χ4n) is 3.44. The molecule has 2 atom stereocenters. The summed E-state index contributed by atoms with van der Waals surface area (Å²) in [4.78, 5) is 14.7. The van der Waals surface area contributed by atoms with E-state index in [0.29, 0.717) is 13.2 Å². The predicted octanol–water partition coefficient (Wildman–Crippen LogP) is 5.46. The molecule has 3 aromatic carbocycles. The first-order chi connectivity index (χ1) is 14.2. The number of nitrogens with zero attached hydrogens (tertiary/aromatic N) is 1. The van der Waals surface area contributed by atoms with Crippen LogP contribution in [0.1, 0.15) is 16.7 Å². The number of carbonyl (C=O) groups is 1. The Morgan fingerprint density at radius 3 is 2.28 bits per heavy atom. The third kappa shape index (κ3) is 4.66. The number of hydrogen-bond donors (Lipinski definition) is 0. The summed E-state index contributed by atoms with van der Waals surface area (Å²) >= 11 is 3.58. The van der Waals surface area contributed by atoms with Crippen molar-refractivity contribution in [2.45, 2.75) is 25.3 Å². The van der Waals surface area contributed by atoms with Gasteiger partial charge in [0.05, 0.1) is 12.6 Å². The average molecular weight is 448 g/mol. The first-order valence-electron chi connectivity index (χ1n) is 9.65. The van der Waals surface area contributed by atoms with Gasteiger partial charge < -0.3 is 9.64 Å². The topological polar surface area (TPSA) is 29.5 Å². The van der Waals surface area contributed by atoms with Gasteiger partial charge in [-0.2, -0.15) is 0 Å². The lowest BCUT2D eigenvalue weighted by Crippen LogP contribution is -2.64. The third-order valence-electron chi connectivity index (χ3n) is 5.05. The van der Waals surface area contributed by atoms with Crippen molar-refractivity contribution < 1.29 is 9.53 Å². The monoisotopic (exact) mass is 447 g/mol. The van der Waals surface area contributed by atoms with E-state index in [1.807, 2.05) is 77.7 Å². The summed E-state index contributed by atoms with van der Waals surface area (Å²) in [6.45, 7) is 0.977. The molecule has 4 heteroatoms. The SMILES string of the molecule is O=C1[C@@H](OCc2ccccc2)[C@@H](/C=C/c2ccccc2)N1Cc1ccccc1Br. The van der Waals surface area contributed by atoms with E-state index >= 15 is 0 Å². The highest BCUT2D eigenvalue weighted by molar-refractivity contribution is 9.10. The number of β-lactam (4-membered cyclic amide) rings is 1. The fraction of sp³-hybridized carbons (Fsp3) is 0.160. The molecule has 0 aliphatic carbocycles. The summed E-state index contributed by atoms with van der Waals surface area (Å²) in [6, 6.07) is 28.0. The van der Waals surface area contributed by atoms with Crippen LogP contribution >= 0.6 is 15.9 Å². The molecule has 29 heavy (non-hydrogen) atoms. The minimum atomic E-state index is -0.461. The van der Waals surface area contributed by atoms with E-state index in [2.05, 4.69) is 40.2 Å². The van der Waals surface area contributed by atoms with Gasteiger partial charge in [0, 0.05) is 11.0 Å². The fourth-order valence-corrected chi connectivity index (χ4v) is 3.85. The Morgan fingerprint density at radius 1 is 0.897 bits per heavy atom. The lowest BCUT2D eigenvalue weighted by Gasteiger charge is -2.45. The van der Waals surface area contributed by atoms with E-state index in [9.17, 15) is 4.79 Å². The maximum absolute atomic E-state index is 12.9. The largest absolute Gasteiger partial charge is 0.361 e. The highest BCUT2D eigenvalue weighted by Gasteiger charge is 2.46. The van der Waals surface area contributed by atoms with E-state index in [1.54, 1.807) is 0 Å². The van der Waals surface area contributed by atoms with Crippen LogP contribution in [0.15, 0.2) is 95.5 Å². The van der Waals surface area contributed by atoms with Crippen LogP contribution in [0.2, 0.25) is 0 Å². The van der Waals surface area contributed by atoms with Gasteiger partial charge >= 0.3 is 0 Å². The Balaban J connectivity index is 1.51. The second-order valence-corrected chi connectivity index (χ2v) is 7.89. The van der Waals surface area contributed by atoms with Crippen molar-refractivity contribution in [3.63, 3.8) is 0 Å². The molecule has 3 aromatic rings. The van der Waals surface area contributed by atoms with Crippen LogP contribution in [0, 0.1) is 0 Å². The van der Waals surface area contributed by atoms with Crippen molar-refractivity contribution in [1.29, 1.82) is 0 Å². The minimum Gasteiger partial charge on any atom is -0.361 e. The van der Waals surface area contributed by atoms with Crippen molar-refractivity contribution in [3.8, 4) is 0 Å². The molecule has 0 N–H and O–H groups in total. The van der Waals surface area contributed by atoms with Gasteiger partial charge in [-0.1, -0.05) is 107 Å². The smallest absolute Gasteiger partial charge is 0.255 e. The number of ether oxygens (including phenoxy) is 1. The Labute approximate surface area is 179 Å². The highest BCUT2D eigenvalue weighted by atomic mass is 79.9. The Morgan fingerprint density at radius 2 is 1.55 bits per heavy atom. The zero-order valence-electron chi connectivity index (χ0n) is 15.9. The molecular formula is C25H22BrNO2. The van der Waals surface area contributed by atoms with Gasteiger partial charge in [0.1, 0.15) is 0 Å². The first-order valence-corrected chi connectivity index (χ1v) is 10.4. The number of benzene rings is 3. The summed E-state index contributed by atoms with van der Waals surface area (Å²) in [7, 11) is 0. The lowest BCUT2D eigenvalue weighted by molar-refractivity contribution is -0.172. The maximum atomic E-state index is 12.9. The maximum Gasteiger partial charge on any atom is 0.255 e. The summed E-state index contributed by atoms with van der Waals surface area (Å²) < 4.78 is 7.03. The summed E-state index contributed by atoms with van der Waals surface area (Å²) in [5, 5.41) is 0. The molecule has 1 fully saturated rings. The van der Waals surface area contributed by atoms with Crippen LogP contribution < -0.4 is 0 Å². The van der Waals surface area contributed by atoms with Crippen molar-refractivity contribution in [2.75, 3.05) is 0 Å². The molecular weight excluding hydrogens is 426 g/mol. The first kappa shape index (κ1) is 19.6. The van der Waals surface area contributed by atoms with Gasteiger partial charge in [0.2, 0.25) is 0 Å². The number of rotatable bonds is 7. The van der Waals surface area contributed by atoms with Gasteiger partial charge in [-0.15, -0.1) is 0 Å². The minimum absolute atomic E-state index is 0.0272. The standard InChI is InChI=1S/C25H22BrNO2/c26-22-14-8-7-13-21(22)17-27-23(16-15-19-9-3-1-4-10-19)24(25(27)28)29-18-20-11-5-2-6-12-20/h1-16,23-24H,17-18H2/b16-15+/t23-,24+/m1/s1. The van der Waals surface area contributed by atoms with Crippen LogP contribution in [0.5, 0.6) is 0 Å².